The number of aliphatic hydroxyl groups is 3. The normalized spacial score (nSPS) is 17.1. The van der Waals surface area contributed by atoms with Gasteiger partial charge in [-0.25, -0.2) is 18.7 Å². The zero-order chi connectivity index (χ0) is 25.2. The van der Waals surface area contributed by atoms with Gasteiger partial charge in [0.2, 0.25) is 0 Å². The summed E-state index contributed by atoms with van der Waals surface area (Å²) < 4.78 is 55.0. The molecule has 3 aromatic rings. The molecule has 3 N–H and O–H groups in total. The first-order valence-corrected chi connectivity index (χ1v) is 10.7. The summed E-state index contributed by atoms with van der Waals surface area (Å²) in [4.78, 5) is 22.1. The second-order valence-electron chi connectivity index (χ2n) is 8.53. The monoisotopic (exact) mass is 490 g/mol. The van der Waals surface area contributed by atoms with Gasteiger partial charge >= 0.3 is 18.0 Å². The summed E-state index contributed by atoms with van der Waals surface area (Å²) in [6.45, 7) is 0.277. The zero-order valence-electron chi connectivity index (χ0n) is 18.0. The van der Waals surface area contributed by atoms with Crippen LogP contribution in [0.1, 0.15) is 30.5 Å². The van der Waals surface area contributed by atoms with Crippen molar-refractivity contribution in [3.8, 4) is 11.8 Å². The number of alkyl halides is 3. The van der Waals surface area contributed by atoms with Crippen LogP contribution in [0, 0.1) is 23.1 Å². The van der Waals surface area contributed by atoms with Crippen LogP contribution in [0.5, 0.6) is 0 Å². The summed E-state index contributed by atoms with van der Waals surface area (Å²) in [5.74, 6) is 3.92. The highest BCUT2D eigenvalue weighted by Gasteiger charge is 2.62. The van der Waals surface area contributed by atoms with E-state index in [9.17, 15) is 37.7 Å². The quantitative estimate of drug-likeness (QED) is 0.287. The minimum absolute atomic E-state index is 0.0712. The Morgan fingerprint density at radius 2 is 1.86 bits per heavy atom. The van der Waals surface area contributed by atoms with E-state index in [1.807, 2.05) is 0 Å². The first-order valence-electron chi connectivity index (χ1n) is 10.7. The smallest absolute Gasteiger partial charge is 0.325 e. The number of anilines is 2. The molecule has 0 atom stereocenters. The minimum atomic E-state index is -4.44. The molecule has 0 spiro atoms. The van der Waals surface area contributed by atoms with E-state index in [1.165, 1.54) is 23.2 Å². The van der Waals surface area contributed by atoms with Gasteiger partial charge < -0.3 is 20.2 Å². The molecular formula is C23H18F4N4O4. The van der Waals surface area contributed by atoms with Crippen LogP contribution in [-0.4, -0.2) is 42.6 Å². The molecule has 1 aromatic carbocycles. The average molecular weight is 490 g/mol. The molecule has 8 nitrogen and oxygen atoms in total. The summed E-state index contributed by atoms with van der Waals surface area (Å²) in [5, 5.41) is 28.6. The highest BCUT2D eigenvalue weighted by molar-refractivity contribution is 5.93. The van der Waals surface area contributed by atoms with Crippen molar-refractivity contribution in [2.75, 3.05) is 11.4 Å². The van der Waals surface area contributed by atoms with Crippen LogP contribution in [0.25, 0.3) is 10.9 Å². The van der Waals surface area contributed by atoms with Crippen molar-refractivity contribution in [3.05, 3.63) is 58.0 Å². The van der Waals surface area contributed by atoms with Crippen molar-refractivity contribution in [2.45, 2.75) is 38.0 Å². The molecule has 1 aliphatic carbocycles. The Morgan fingerprint density at radius 1 is 1.11 bits per heavy atom. The first-order chi connectivity index (χ1) is 16.4. The predicted molar refractivity (Wildman–Crippen MR) is 115 cm³/mol. The molecule has 5 rings (SSSR count). The van der Waals surface area contributed by atoms with Gasteiger partial charge in [0, 0.05) is 24.0 Å². The van der Waals surface area contributed by atoms with E-state index in [4.69, 9.17) is 0 Å². The molecular weight excluding hydrogens is 472 g/mol. The Labute approximate surface area is 195 Å². The van der Waals surface area contributed by atoms with Crippen molar-refractivity contribution in [3.63, 3.8) is 0 Å². The lowest BCUT2D eigenvalue weighted by atomic mass is 9.99. The van der Waals surface area contributed by atoms with Gasteiger partial charge in [0.05, 0.1) is 10.9 Å². The van der Waals surface area contributed by atoms with Crippen LogP contribution in [0.2, 0.25) is 0 Å². The molecule has 1 fully saturated rings. The van der Waals surface area contributed by atoms with Crippen LogP contribution >= 0.6 is 0 Å². The van der Waals surface area contributed by atoms with Crippen LogP contribution in [0.15, 0.2) is 35.3 Å². The Morgan fingerprint density at radius 3 is 2.51 bits per heavy atom. The molecule has 0 bridgehead atoms. The molecule has 0 unspecified atom stereocenters. The van der Waals surface area contributed by atoms with Crippen LogP contribution in [0.4, 0.5) is 29.1 Å². The van der Waals surface area contributed by atoms with E-state index >= 15 is 0 Å². The number of benzene rings is 1. The molecule has 2 aliphatic rings. The standard InChI is InChI=1S/C23H18F4N4O4/c24-14-4-1-5-17-18(14)19(29-20(32)31(17)23(33,34)35)30-12-2-3-13-15(28-11-7-16(13)30)6-8-21(9-10-21)22(25,26)27/h1,4-5,7,11,33-35H,2-3,9-10,12H2. The summed E-state index contributed by atoms with van der Waals surface area (Å²) in [7, 11) is 0. The molecule has 0 amide bonds. The number of halogens is 4. The largest absolute Gasteiger partial charge is 0.405 e. The van der Waals surface area contributed by atoms with Crippen LogP contribution in [-0.2, 0) is 12.5 Å². The summed E-state index contributed by atoms with van der Waals surface area (Å²) in [6, 6.07) is 5.07. The third-order valence-electron chi connectivity index (χ3n) is 6.25. The molecule has 182 valence electrons. The van der Waals surface area contributed by atoms with Crippen molar-refractivity contribution in [1.82, 2.24) is 14.5 Å². The Balaban J connectivity index is 1.68. The van der Waals surface area contributed by atoms with Gasteiger partial charge in [-0.15, -0.1) is 0 Å². The topological polar surface area (TPSA) is 112 Å². The summed E-state index contributed by atoms with van der Waals surface area (Å²) in [6.07, 6.45) is -5.94. The molecule has 0 radical (unpaired) electrons. The highest BCUT2D eigenvalue weighted by atomic mass is 19.4. The number of fused-ring (bicyclic) bond motifs is 2. The van der Waals surface area contributed by atoms with Crippen molar-refractivity contribution >= 4 is 22.4 Å². The van der Waals surface area contributed by atoms with E-state index in [2.05, 4.69) is 21.8 Å². The maximum Gasteiger partial charge on any atom is 0.405 e. The molecule has 1 aliphatic heterocycles. The fraction of sp³-hybridized carbons (Fsp3) is 0.348. The minimum Gasteiger partial charge on any atom is -0.325 e. The van der Waals surface area contributed by atoms with Crippen molar-refractivity contribution in [2.24, 2.45) is 5.41 Å². The number of hydrogen-bond acceptors (Lipinski definition) is 7. The lowest BCUT2D eigenvalue weighted by Gasteiger charge is -2.32. The number of rotatable bonds is 2. The summed E-state index contributed by atoms with van der Waals surface area (Å²) >= 11 is 0. The number of hydrogen-bond donors (Lipinski definition) is 3. The Kier molecular flexibility index (Phi) is 5.14. The van der Waals surface area contributed by atoms with E-state index in [0.717, 1.165) is 6.07 Å². The lowest BCUT2D eigenvalue weighted by Crippen LogP contribution is -2.43. The molecule has 3 heterocycles. The maximum absolute atomic E-state index is 15.0. The Hall–Kier alpha value is -3.53. The predicted octanol–water partition coefficient (Wildman–Crippen LogP) is 2.25. The molecule has 1 saturated carbocycles. The van der Waals surface area contributed by atoms with Gasteiger partial charge in [0.15, 0.2) is 5.82 Å². The molecule has 12 heteroatoms. The second kappa shape index (κ2) is 7.74. The average Bonchev–Trinajstić information content (AvgIpc) is 3.57. The van der Waals surface area contributed by atoms with Crippen molar-refractivity contribution < 1.29 is 32.9 Å². The van der Waals surface area contributed by atoms with Gasteiger partial charge in [0.1, 0.15) is 16.9 Å². The van der Waals surface area contributed by atoms with E-state index in [0.29, 0.717) is 24.1 Å². The van der Waals surface area contributed by atoms with Gasteiger partial charge in [-0.2, -0.15) is 18.2 Å². The number of aromatic nitrogens is 3. The van der Waals surface area contributed by atoms with Gasteiger partial charge in [0.25, 0.3) is 0 Å². The van der Waals surface area contributed by atoms with E-state index in [1.54, 1.807) is 6.07 Å². The Bertz CT molecular complexity index is 1460. The lowest BCUT2D eigenvalue weighted by molar-refractivity contribution is -0.374. The maximum atomic E-state index is 15.0. The van der Waals surface area contributed by atoms with Crippen LogP contribution in [0.3, 0.4) is 0 Å². The van der Waals surface area contributed by atoms with Gasteiger partial charge in [-0.05, 0) is 49.8 Å². The highest BCUT2D eigenvalue weighted by Crippen LogP contribution is 2.57. The zero-order valence-corrected chi connectivity index (χ0v) is 18.0. The van der Waals surface area contributed by atoms with Gasteiger partial charge in [-0.3, -0.25) is 0 Å². The fourth-order valence-corrected chi connectivity index (χ4v) is 4.33. The molecule has 0 saturated heterocycles. The third-order valence-corrected chi connectivity index (χ3v) is 6.25. The van der Waals surface area contributed by atoms with Crippen LogP contribution < -0.4 is 10.6 Å². The SMILES string of the molecule is O=c1nc(N2CCCc3c2ccnc3C#CC2(C(F)(F)F)CC2)c2c(F)cccc2n1C(O)(O)O. The fourth-order valence-electron chi connectivity index (χ4n) is 4.33. The number of pyridine rings is 1. The number of nitrogens with zero attached hydrogens (tertiary/aromatic N) is 4. The van der Waals surface area contributed by atoms with Gasteiger partial charge in [-0.1, -0.05) is 12.0 Å². The first kappa shape index (κ1) is 23.2. The summed E-state index contributed by atoms with van der Waals surface area (Å²) in [5.41, 5.74) is -2.49. The molecule has 2 aromatic heterocycles. The second-order valence-corrected chi connectivity index (χ2v) is 8.53. The third kappa shape index (κ3) is 3.81. The van der Waals surface area contributed by atoms with E-state index in [-0.39, 0.29) is 46.4 Å². The molecule has 35 heavy (non-hydrogen) atoms. The van der Waals surface area contributed by atoms with E-state index < -0.39 is 29.2 Å². The van der Waals surface area contributed by atoms with Crippen molar-refractivity contribution in [1.29, 1.82) is 0 Å².